The van der Waals surface area contributed by atoms with Crippen LogP contribution in [0.25, 0.3) is 0 Å². The summed E-state index contributed by atoms with van der Waals surface area (Å²) in [5.41, 5.74) is 1.75. The molecule has 0 saturated heterocycles. The number of thiazole rings is 1. The van der Waals surface area contributed by atoms with E-state index in [1.165, 1.54) is 11.3 Å². The summed E-state index contributed by atoms with van der Waals surface area (Å²) >= 11 is 13.4. The molecular weight excluding hydrogens is 339 g/mol. The van der Waals surface area contributed by atoms with Crippen LogP contribution >= 0.6 is 34.5 Å². The number of aryl methyl sites for hydroxylation is 2. The summed E-state index contributed by atoms with van der Waals surface area (Å²) < 4.78 is 0. The van der Waals surface area contributed by atoms with Crippen LogP contribution in [0.1, 0.15) is 39.3 Å². The summed E-state index contributed by atoms with van der Waals surface area (Å²) in [7, 11) is 1.78. The van der Waals surface area contributed by atoms with Crippen LogP contribution < -0.4 is 0 Å². The Morgan fingerprint density at radius 1 is 1.32 bits per heavy atom. The van der Waals surface area contributed by atoms with E-state index in [2.05, 4.69) is 11.9 Å². The summed E-state index contributed by atoms with van der Waals surface area (Å²) in [6, 6.07) is 5.41. The zero-order valence-electron chi connectivity index (χ0n) is 12.8. The molecule has 1 heterocycles. The van der Waals surface area contributed by atoms with Gasteiger partial charge in [0.1, 0.15) is 4.88 Å². The molecular formula is C16H18Cl2N2OS. The van der Waals surface area contributed by atoms with Gasteiger partial charge in [0.25, 0.3) is 5.91 Å². The van der Waals surface area contributed by atoms with Crippen molar-refractivity contribution >= 4 is 40.4 Å². The number of halogens is 2. The third-order valence-corrected chi connectivity index (χ3v) is 5.19. The normalized spacial score (nSPS) is 10.8. The topological polar surface area (TPSA) is 33.2 Å². The first-order valence-corrected chi connectivity index (χ1v) is 8.65. The van der Waals surface area contributed by atoms with Gasteiger partial charge in [0.05, 0.1) is 20.7 Å². The SMILES string of the molecule is CCCc1nc(C)c(C(=O)N(C)Cc2ccc(Cl)c(Cl)c2)s1. The molecule has 0 radical (unpaired) electrons. The minimum Gasteiger partial charge on any atom is -0.337 e. The number of amides is 1. The summed E-state index contributed by atoms with van der Waals surface area (Å²) in [6.45, 7) is 4.47. The van der Waals surface area contributed by atoms with E-state index in [4.69, 9.17) is 23.2 Å². The highest BCUT2D eigenvalue weighted by Gasteiger charge is 2.19. The second kappa shape index (κ2) is 7.44. The Morgan fingerprint density at radius 2 is 2.05 bits per heavy atom. The Morgan fingerprint density at radius 3 is 2.68 bits per heavy atom. The number of aromatic nitrogens is 1. The van der Waals surface area contributed by atoms with Gasteiger partial charge in [-0.2, -0.15) is 0 Å². The Balaban J connectivity index is 2.13. The average molecular weight is 357 g/mol. The van der Waals surface area contributed by atoms with E-state index in [-0.39, 0.29) is 5.91 Å². The molecule has 1 aromatic heterocycles. The largest absolute Gasteiger partial charge is 0.337 e. The lowest BCUT2D eigenvalue weighted by Crippen LogP contribution is -2.26. The van der Waals surface area contributed by atoms with E-state index < -0.39 is 0 Å². The van der Waals surface area contributed by atoms with E-state index in [0.29, 0.717) is 21.5 Å². The number of carbonyl (C=O) groups excluding carboxylic acids is 1. The second-order valence-electron chi connectivity index (χ2n) is 5.18. The van der Waals surface area contributed by atoms with Crippen molar-refractivity contribution < 1.29 is 4.79 Å². The van der Waals surface area contributed by atoms with Crippen molar-refractivity contribution in [2.24, 2.45) is 0 Å². The van der Waals surface area contributed by atoms with Crippen molar-refractivity contribution in [3.8, 4) is 0 Å². The third-order valence-electron chi connectivity index (χ3n) is 3.25. The zero-order valence-corrected chi connectivity index (χ0v) is 15.1. The van der Waals surface area contributed by atoms with Gasteiger partial charge < -0.3 is 4.90 Å². The first kappa shape index (κ1) is 17.3. The maximum absolute atomic E-state index is 12.6. The molecule has 3 nitrogen and oxygen atoms in total. The zero-order chi connectivity index (χ0) is 16.3. The standard InChI is InChI=1S/C16H18Cl2N2OS/c1-4-5-14-19-10(2)15(22-14)16(21)20(3)9-11-6-7-12(17)13(18)8-11/h6-8H,4-5,9H2,1-3H3. The molecule has 0 saturated carbocycles. The summed E-state index contributed by atoms with van der Waals surface area (Å²) in [5, 5.41) is 2.03. The van der Waals surface area contributed by atoms with Gasteiger partial charge in [0.2, 0.25) is 0 Å². The molecule has 0 unspecified atom stereocenters. The molecule has 0 fully saturated rings. The van der Waals surface area contributed by atoms with Gasteiger partial charge in [-0.15, -0.1) is 11.3 Å². The van der Waals surface area contributed by atoms with Gasteiger partial charge in [-0.25, -0.2) is 4.98 Å². The molecule has 6 heteroatoms. The Kier molecular flexibility index (Phi) is 5.84. The van der Waals surface area contributed by atoms with Crippen molar-refractivity contribution in [3.05, 3.63) is 49.4 Å². The Bertz CT molecular complexity index is 685. The Hall–Kier alpha value is -1.10. The average Bonchev–Trinajstić information content (AvgIpc) is 2.83. The molecule has 1 aromatic carbocycles. The van der Waals surface area contributed by atoms with Gasteiger partial charge in [-0.1, -0.05) is 36.2 Å². The minimum absolute atomic E-state index is 0.0107. The molecule has 118 valence electrons. The fraction of sp³-hybridized carbons (Fsp3) is 0.375. The molecule has 0 aliphatic heterocycles. The lowest BCUT2D eigenvalue weighted by molar-refractivity contribution is 0.0789. The number of benzene rings is 1. The van der Waals surface area contributed by atoms with Crippen molar-refractivity contribution in [1.29, 1.82) is 0 Å². The Labute approximate surface area is 144 Å². The first-order chi connectivity index (χ1) is 10.4. The smallest absolute Gasteiger partial charge is 0.265 e. The van der Waals surface area contributed by atoms with Crippen LogP contribution in [0.4, 0.5) is 0 Å². The highest BCUT2D eigenvalue weighted by atomic mass is 35.5. The van der Waals surface area contributed by atoms with E-state index in [9.17, 15) is 4.79 Å². The van der Waals surface area contributed by atoms with Crippen LogP contribution in [0.5, 0.6) is 0 Å². The molecule has 0 spiro atoms. The highest BCUT2D eigenvalue weighted by Crippen LogP contribution is 2.24. The van der Waals surface area contributed by atoms with Crippen LogP contribution in [0.3, 0.4) is 0 Å². The molecule has 2 rings (SSSR count). The van der Waals surface area contributed by atoms with Crippen LogP contribution in [0.15, 0.2) is 18.2 Å². The van der Waals surface area contributed by atoms with Gasteiger partial charge in [0, 0.05) is 13.6 Å². The number of nitrogens with zero attached hydrogens (tertiary/aromatic N) is 2. The van der Waals surface area contributed by atoms with Gasteiger partial charge in [0.15, 0.2) is 0 Å². The van der Waals surface area contributed by atoms with Crippen molar-refractivity contribution in [1.82, 2.24) is 9.88 Å². The monoisotopic (exact) mass is 356 g/mol. The number of hydrogen-bond acceptors (Lipinski definition) is 3. The number of carbonyl (C=O) groups is 1. The molecule has 2 aromatic rings. The van der Waals surface area contributed by atoms with E-state index in [0.717, 1.165) is 29.1 Å². The number of rotatable bonds is 5. The molecule has 0 aliphatic rings. The van der Waals surface area contributed by atoms with Gasteiger partial charge in [-0.05, 0) is 37.5 Å². The minimum atomic E-state index is -0.0107. The van der Waals surface area contributed by atoms with Crippen LogP contribution in [-0.4, -0.2) is 22.8 Å². The second-order valence-corrected chi connectivity index (χ2v) is 7.08. The summed E-state index contributed by atoms with van der Waals surface area (Å²) in [4.78, 5) is 19.4. The quantitative estimate of drug-likeness (QED) is 0.756. The summed E-state index contributed by atoms with van der Waals surface area (Å²) in [5.74, 6) is -0.0107. The van der Waals surface area contributed by atoms with E-state index in [1.807, 2.05) is 13.0 Å². The van der Waals surface area contributed by atoms with E-state index >= 15 is 0 Å². The molecule has 1 amide bonds. The predicted octanol–water partition coefficient (Wildman–Crippen LogP) is 4.98. The first-order valence-electron chi connectivity index (χ1n) is 7.08. The maximum atomic E-state index is 12.6. The molecule has 0 N–H and O–H groups in total. The fourth-order valence-electron chi connectivity index (χ4n) is 2.13. The van der Waals surface area contributed by atoms with Crippen LogP contribution in [-0.2, 0) is 13.0 Å². The predicted molar refractivity (Wildman–Crippen MR) is 93.1 cm³/mol. The lowest BCUT2D eigenvalue weighted by atomic mass is 10.2. The van der Waals surface area contributed by atoms with Crippen LogP contribution in [0, 0.1) is 6.92 Å². The van der Waals surface area contributed by atoms with Crippen molar-refractivity contribution in [3.63, 3.8) is 0 Å². The summed E-state index contributed by atoms with van der Waals surface area (Å²) in [6.07, 6.45) is 1.94. The lowest BCUT2D eigenvalue weighted by Gasteiger charge is -2.17. The van der Waals surface area contributed by atoms with Gasteiger partial charge in [-0.3, -0.25) is 4.79 Å². The van der Waals surface area contributed by atoms with E-state index in [1.54, 1.807) is 24.1 Å². The number of hydrogen-bond donors (Lipinski definition) is 0. The molecule has 0 bridgehead atoms. The molecule has 22 heavy (non-hydrogen) atoms. The van der Waals surface area contributed by atoms with Crippen molar-refractivity contribution in [2.45, 2.75) is 33.2 Å². The van der Waals surface area contributed by atoms with Crippen molar-refractivity contribution in [2.75, 3.05) is 7.05 Å². The van der Waals surface area contributed by atoms with Gasteiger partial charge >= 0.3 is 0 Å². The highest BCUT2D eigenvalue weighted by molar-refractivity contribution is 7.13. The fourth-order valence-corrected chi connectivity index (χ4v) is 3.61. The van der Waals surface area contributed by atoms with Crippen LogP contribution in [0.2, 0.25) is 10.0 Å². The molecule has 0 atom stereocenters. The molecule has 0 aliphatic carbocycles. The maximum Gasteiger partial charge on any atom is 0.265 e. The third kappa shape index (κ3) is 4.00.